The molecular formula is C10H13Cl2N3. The van der Waals surface area contributed by atoms with Gasteiger partial charge in [-0.15, -0.1) is 0 Å². The van der Waals surface area contributed by atoms with Crippen molar-refractivity contribution in [2.24, 2.45) is 5.73 Å². The van der Waals surface area contributed by atoms with Crippen LogP contribution >= 0.6 is 23.2 Å². The standard InChI is InChI=1S/C10H13Cl2N3/c11-6-3-9(12)10(14-5-6)15-8-2-1-7(13)4-8/h3,5,7-8H,1-2,4,13H2,(H,14,15)/t7-,8-/m1/s1. The van der Waals surface area contributed by atoms with Gasteiger partial charge in [0.1, 0.15) is 5.82 Å². The lowest BCUT2D eigenvalue weighted by atomic mass is 10.2. The number of hydrogen-bond donors (Lipinski definition) is 2. The van der Waals surface area contributed by atoms with Crippen molar-refractivity contribution < 1.29 is 0 Å². The maximum absolute atomic E-state index is 6.00. The van der Waals surface area contributed by atoms with Crippen LogP contribution in [0.2, 0.25) is 10.0 Å². The molecule has 82 valence electrons. The topological polar surface area (TPSA) is 50.9 Å². The molecule has 0 unspecified atom stereocenters. The maximum Gasteiger partial charge on any atom is 0.145 e. The predicted octanol–water partition coefficient (Wildman–Crippen LogP) is 2.68. The summed E-state index contributed by atoms with van der Waals surface area (Å²) >= 11 is 11.8. The van der Waals surface area contributed by atoms with Gasteiger partial charge in [0.2, 0.25) is 0 Å². The molecule has 2 rings (SSSR count). The highest BCUT2D eigenvalue weighted by Crippen LogP contribution is 2.26. The third-order valence-electron chi connectivity index (χ3n) is 2.62. The van der Waals surface area contributed by atoms with Gasteiger partial charge in [0.15, 0.2) is 0 Å². The minimum absolute atomic E-state index is 0.300. The fourth-order valence-electron chi connectivity index (χ4n) is 1.86. The largest absolute Gasteiger partial charge is 0.366 e. The van der Waals surface area contributed by atoms with E-state index in [9.17, 15) is 0 Å². The molecular weight excluding hydrogens is 233 g/mol. The molecule has 1 fully saturated rings. The van der Waals surface area contributed by atoms with Crippen LogP contribution < -0.4 is 11.1 Å². The zero-order valence-electron chi connectivity index (χ0n) is 8.21. The number of rotatable bonds is 2. The van der Waals surface area contributed by atoms with Crippen molar-refractivity contribution in [1.29, 1.82) is 0 Å². The number of pyridine rings is 1. The number of nitrogens with one attached hydrogen (secondary N) is 1. The Morgan fingerprint density at radius 1 is 1.40 bits per heavy atom. The Morgan fingerprint density at radius 2 is 2.20 bits per heavy atom. The zero-order valence-corrected chi connectivity index (χ0v) is 9.72. The lowest BCUT2D eigenvalue weighted by molar-refractivity contribution is 0.686. The third-order valence-corrected chi connectivity index (χ3v) is 3.12. The van der Waals surface area contributed by atoms with Crippen LogP contribution in [-0.4, -0.2) is 17.1 Å². The molecule has 1 aromatic heterocycles. The molecule has 5 heteroatoms. The second-order valence-corrected chi connectivity index (χ2v) is 4.74. The maximum atomic E-state index is 6.00. The molecule has 1 aliphatic rings. The summed E-state index contributed by atoms with van der Waals surface area (Å²) in [6.45, 7) is 0. The van der Waals surface area contributed by atoms with Crippen molar-refractivity contribution in [3.8, 4) is 0 Å². The molecule has 3 N–H and O–H groups in total. The fraction of sp³-hybridized carbons (Fsp3) is 0.500. The molecule has 0 aliphatic heterocycles. The molecule has 0 bridgehead atoms. The third kappa shape index (κ3) is 2.74. The van der Waals surface area contributed by atoms with Gasteiger partial charge in [-0.05, 0) is 25.3 Å². The Morgan fingerprint density at radius 3 is 2.80 bits per heavy atom. The van der Waals surface area contributed by atoms with Crippen LogP contribution in [0.5, 0.6) is 0 Å². The number of hydrogen-bond acceptors (Lipinski definition) is 3. The highest BCUT2D eigenvalue weighted by molar-refractivity contribution is 6.35. The van der Waals surface area contributed by atoms with E-state index in [-0.39, 0.29) is 0 Å². The summed E-state index contributed by atoms with van der Waals surface area (Å²) < 4.78 is 0. The van der Waals surface area contributed by atoms with E-state index in [0.29, 0.717) is 27.9 Å². The Labute approximate surface area is 99.0 Å². The van der Waals surface area contributed by atoms with Gasteiger partial charge < -0.3 is 11.1 Å². The van der Waals surface area contributed by atoms with Crippen LogP contribution in [0.15, 0.2) is 12.3 Å². The van der Waals surface area contributed by atoms with Gasteiger partial charge in [-0.25, -0.2) is 4.98 Å². The molecule has 0 spiro atoms. The normalized spacial score (nSPS) is 25.5. The van der Waals surface area contributed by atoms with E-state index >= 15 is 0 Å². The summed E-state index contributed by atoms with van der Waals surface area (Å²) in [4.78, 5) is 4.15. The minimum Gasteiger partial charge on any atom is -0.366 e. The summed E-state index contributed by atoms with van der Waals surface area (Å²) in [5.74, 6) is 0.695. The number of anilines is 1. The highest BCUT2D eigenvalue weighted by Gasteiger charge is 2.22. The first-order chi connectivity index (χ1) is 7.15. The number of aromatic nitrogens is 1. The Balaban J connectivity index is 2.04. The second-order valence-electron chi connectivity index (χ2n) is 3.90. The average Bonchev–Trinajstić information content (AvgIpc) is 2.56. The molecule has 1 aromatic rings. The molecule has 1 aliphatic carbocycles. The number of nitrogens with two attached hydrogens (primary N) is 1. The van der Waals surface area contributed by atoms with E-state index in [4.69, 9.17) is 28.9 Å². The van der Waals surface area contributed by atoms with Gasteiger partial charge in [0, 0.05) is 18.3 Å². The number of nitrogens with zero attached hydrogens (tertiary/aromatic N) is 1. The van der Waals surface area contributed by atoms with Crippen LogP contribution in [0.1, 0.15) is 19.3 Å². The zero-order chi connectivity index (χ0) is 10.8. The molecule has 1 heterocycles. The van der Waals surface area contributed by atoms with Gasteiger partial charge in [-0.1, -0.05) is 23.2 Å². The predicted molar refractivity (Wildman–Crippen MR) is 63.5 cm³/mol. The SMILES string of the molecule is N[C@@H]1CC[C@@H](Nc2ncc(Cl)cc2Cl)C1. The van der Waals surface area contributed by atoms with Crippen LogP contribution in [0.25, 0.3) is 0 Å². The first-order valence-corrected chi connectivity index (χ1v) is 5.74. The van der Waals surface area contributed by atoms with Gasteiger partial charge in [-0.3, -0.25) is 0 Å². The van der Waals surface area contributed by atoms with Crippen molar-refractivity contribution in [2.75, 3.05) is 5.32 Å². The summed E-state index contributed by atoms with van der Waals surface area (Å²) in [7, 11) is 0. The Bertz CT molecular complexity index is 357. The number of halogens is 2. The van der Waals surface area contributed by atoms with E-state index in [1.165, 1.54) is 0 Å². The van der Waals surface area contributed by atoms with E-state index in [1.807, 2.05) is 0 Å². The Hall–Kier alpha value is -0.510. The van der Waals surface area contributed by atoms with Crippen LogP contribution in [-0.2, 0) is 0 Å². The van der Waals surface area contributed by atoms with Crippen molar-refractivity contribution in [1.82, 2.24) is 4.98 Å². The quantitative estimate of drug-likeness (QED) is 0.843. The summed E-state index contributed by atoms with van der Waals surface area (Å²) in [6.07, 6.45) is 4.69. The monoisotopic (exact) mass is 245 g/mol. The molecule has 0 saturated heterocycles. The van der Waals surface area contributed by atoms with Gasteiger partial charge in [0.05, 0.1) is 10.0 Å². The lowest BCUT2D eigenvalue weighted by Crippen LogP contribution is -2.21. The van der Waals surface area contributed by atoms with Crippen LogP contribution in [0.4, 0.5) is 5.82 Å². The summed E-state index contributed by atoms with van der Waals surface area (Å²) in [5, 5.41) is 4.39. The van der Waals surface area contributed by atoms with Gasteiger partial charge in [0.25, 0.3) is 0 Å². The van der Waals surface area contributed by atoms with Gasteiger partial charge >= 0.3 is 0 Å². The minimum atomic E-state index is 0.300. The lowest BCUT2D eigenvalue weighted by Gasteiger charge is -2.13. The summed E-state index contributed by atoms with van der Waals surface area (Å²) in [5.41, 5.74) is 5.83. The fourth-order valence-corrected chi connectivity index (χ4v) is 2.30. The van der Waals surface area contributed by atoms with E-state index < -0.39 is 0 Å². The molecule has 0 amide bonds. The molecule has 3 nitrogen and oxygen atoms in total. The van der Waals surface area contributed by atoms with Gasteiger partial charge in [-0.2, -0.15) is 0 Å². The molecule has 1 saturated carbocycles. The van der Waals surface area contributed by atoms with Crippen molar-refractivity contribution >= 4 is 29.0 Å². The van der Waals surface area contributed by atoms with Crippen molar-refractivity contribution in [3.05, 3.63) is 22.3 Å². The molecule has 0 radical (unpaired) electrons. The van der Waals surface area contributed by atoms with E-state index in [1.54, 1.807) is 12.3 Å². The second kappa shape index (κ2) is 4.56. The molecule has 15 heavy (non-hydrogen) atoms. The van der Waals surface area contributed by atoms with Crippen molar-refractivity contribution in [2.45, 2.75) is 31.3 Å². The van der Waals surface area contributed by atoms with Crippen LogP contribution in [0, 0.1) is 0 Å². The average molecular weight is 246 g/mol. The molecule has 0 aromatic carbocycles. The van der Waals surface area contributed by atoms with E-state index in [2.05, 4.69) is 10.3 Å². The van der Waals surface area contributed by atoms with Crippen molar-refractivity contribution in [3.63, 3.8) is 0 Å². The summed E-state index contributed by atoms with van der Waals surface area (Å²) in [6, 6.07) is 2.37. The van der Waals surface area contributed by atoms with E-state index in [0.717, 1.165) is 19.3 Å². The first kappa shape index (κ1) is 11.0. The molecule has 2 atom stereocenters. The van der Waals surface area contributed by atoms with Crippen LogP contribution in [0.3, 0.4) is 0 Å². The smallest absolute Gasteiger partial charge is 0.145 e. The first-order valence-electron chi connectivity index (χ1n) is 4.98. The highest BCUT2D eigenvalue weighted by atomic mass is 35.5. The Kier molecular flexibility index (Phi) is 3.34.